The van der Waals surface area contributed by atoms with Gasteiger partial charge in [-0.2, -0.15) is 0 Å². The third-order valence-corrected chi connectivity index (χ3v) is 3.56. The Morgan fingerprint density at radius 2 is 1.92 bits per heavy atom. The normalized spacial score (nSPS) is 11.2. The lowest BCUT2D eigenvalue weighted by Crippen LogP contribution is -2.38. The van der Waals surface area contributed by atoms with Gasteiger partial charge in [-0.05, 0) is 23.8 Å². The minimum absolute atomic E-state index is 0.833. The summed E-state index contributed by atoms with van der Waals surface area (Å²) in [5.41, 5.74) is 0.927. The van der Waals surface area contributed by atoms with E-state index in [9.17, 15) is 4.11 Å². The zero-order valence-corrected chi connectivity index (χ0v) is 8.47. The molecule has 0 unspecified atom stereocenters. The van der Waals surface area contributed by atoms with Gasteiger partial charge in [-0.3, -0.25) is 0 Å². The van der Waals surface area contributed by atoms with Crippen molar-refractivity contribution in [2.45, 2.75) is 13.1 Å². The van der Waals surface area contributed by atoms with E-state index in [0.29, 0.717) is 0 Å². The van der Waals surface area contributed by atoms with Crippen LogP contribution in [0.5, 0.6) is 0 Å². The number of benzene rings is 1. The Kier molecular flexibility index (Phi) is 2.48. The fourth-order valence-electron chi connectivity index (χ4n) is 1.22. The van der Waals surface area contributed by atoms with Gasteiger partial charge < -0.3 is 4.11 Å². The van der Waals surface area contributed by atoms with Crippen LogP contribution in [0.4, 0.5) is 4.11 Å². The van der Waals surface area contributed by atoms with Crippen molar-refractivity contribution in [3.8, 4) is 0 Å². The van der Waals surface area contributed by atoms with Crippen LogP contribution in [-0.4, -0.2) is 8.41 Å². The van der Waals surface area contributed by atoms with Crippen LogP contribution in [0, 0.1) is 0 Å². The lowest BCUT2D eigenvalue weighted by Gasteiger charge is -2.14. The second-order valence-electron chi connectivity index (χ2n) is 3.26. The largest absolute Gasteiger partial charge is 0.308 e. The number of rotatable bonds is 2. The summed E-state index contributed by atoms with van der Waals surface area (Å²) in [5.74, 6) is 0. The highest BCUT2D eigenvalue weighted by Crippen LogP contribution is 2.09. The van der Waals surface area contributed by atoms with Crippen molar-refractivity contribution in [3.05, 3.63) is 36.4 Å². The smallest absolute Gasteiger partial charge is 0.272 e. The summed E-state index contributed by atoms with van der Waals surface area (Å²) in [6, 6.07) is 7.53. The maximum absolute atomic E-state index is 13.7. The molecule has 0 aliphatic rings. The van der Waals surface area contributed by atoms with Gasteiger partial charge in [0.25, 0.3) is 8.41 Å². The molecule has 0 bridgehead atoms. The van der Waals surface area contributed by atoms with Gasteiger partial charge in [-0.15, -0.1) is 0 Å². The molecule has 2 heteroatoms. The lowest BCUT2D eigenvalue weighted by atomic mass is 10.2. The highest BCUT2D eigenvalue weighted by molar-refractivity contribution is 6.84. The summed E-state index contributed by atoms with van der Waals surface area (Å²) in [6.45, 7) is 7.04. The van der Waals surface area contributed by atoms with Gasteiger partial charge in [0, 0.05) is 0 Å². The van der Waals surface area contributed by atoms with Gasteiger partial charge in [-0.25, -0.2) is 0 Å². The summed E-state index contributed by atoms with van der Waals surface area (Å²) >= 11 is 0. The van der Waals surface area contributed by atoms with Crippen LogP contribution in [0.15, 0.2) is 30.8 Å². The molecular formula is C10H13FSi. The van der Waals surface area contributed by atoms with E-state index in [1.165, 1.54) is 0 Å². The summed E-state index contributed by atoms with van der Waals surface area (Å²) in [5, 5.41) is 0.833. The van der Waals surface area contributed by atoms with Gasteiger partial charge in [0.2, 0.25) is 0 Å². The van der Waals surface area contributed by atoms with Crippen molar-refractivity contribution >= 4 is 19.7 Å². The molecule has 0 heterocycles. The zero-order valence-electron chi connectivity index (χ0n) is 7.47. The van der Waals surface area contributed by atoms with E-state index in [1.807, 2.05) is 24.3 Å². The average Bonchev–Trinajstić information content (AvgIpc) is 2.03. The molecular weight excluding hydrogens is 167 g/mol. The average molecular weight is 180 g/mol. The number of hydrogen-bond acceptors (Lipinski definition) is 0. The van der Waals surface area contributed by atoms with Crippen molar-refractivity contribution < 1.29 is 4.11 Å². The Morgan fingerprint density at radius 3 is 2.33 bits per heavy atom. The molecule has 1 aromatic carbocycles. The van der Waals surface area contributed by atoms with Crippen LogP contribution in [0.3, 0.4) is 0 Å². The molecule has 0 nitrogen and oxygen atoms in total. The van der Waals surface area contributed by atoms with Crippen molar-refractivity contribution in [3.63, 3.8) is 0 Å². The quantitative estimate of drug-likeness (QED) is 0.485. The lowest BCUT2D eigenvalue weighted by molar-refractivity contribution is 0.821. The number of halogens is 1. The Bertz CT molecular complexity index is 286. The van der Waals surface area contributed by atoms with E-state index in [1.54, 1.807) is 19.2 Å². The molecule has 0 aliphatic carbocycles. The van der Waals surface area contributed by atoms with Gasteiger partial charge in [0.15, 0.2) is 0 Å². The molecule has 0 amide bonds. The molecule has 1 aromatic rings. The highest BCUT2D eigenvalue weighted by atomic mass is 28.4. The van der Waals surface area contributed by atoms with E-state index in [0.717, 1.165) is 10.8 Å². The second kappa shape index (κ2) is 3.23. The van der Waals surface area contributed by atoms with Crippen molar-refractivity contribution in [2.75, 3.05) is 0 Å². The van der Waals surface area contributed by atoms with E-state index in [2.05, 4.69) is 6.58 Å². The predicted molar refractivity (Wildman–Crippen MR) is 54.8 cm³/mol. The molecule has 0 aliphatic heterocycles. The standard InChI is InChI=1S/C10H13FSi/c1-4-9-7-5-6-8-10(9)12(2,3)11/h4-8H,1H2,2-3H3. The summed E-state index contributed by atoms with van der Waals surface area (Å²) in [6.07, 6.45) is 1.71. The highest BCUT2D eigenvalue weighted by Gasteiger charge is 2.24. The molecule has 0 saturated heterocycles. The fraction of sp³-hybridized carbons (Fsp3) is 0.200. The van der Waals surface area contributed by atoms with E-state index in [4.69, 9.17) is 0 Å². The third kappa shape index (κ3) is 1.83. The maximum Gasteiger partial charge on any atom is 0.272 e. The van der Waals surface area contributed by atoms with Gasteiger partial charge in [0.05, 0.1) is 0 Å². The van der Waals surface area contributed by atoms with Crippen LogP contribution < -0.4 is 5.19 Å². The summed E-state index contributed by atoms with van der Waals surface area (Å²) in [7, 11) is -2.67. The summed E-state index contributed by atoms with van der Waals surface area (Å²) in [4.78, 5) is 0. The molecule has 0 fully saturated rings. The van der Waals surface area contributed by atoms with Crippen molar-refractivity contribution in [1.82, 2.24) is 0 Å². The first-order chi connectivity index (χ1) is 5.55. The van der Waals surface area contributed by atoms with Gasteiger partial charge in [-0.1, -0.05) is 36.9 Å². The Labute approximate surface area is 73.9 Å². The van der Waals surface area contributed by atoms with E-state index in [-0.39, 0.29) is 0 Å². The van der Waals surface area contributed by atoms with Crippen LogP contribution in [0.25, 0.3) is 6.08 Å². The monoisotopic (exact) mass is 180 g/mol. The van der Waals surface area contributed by atoms with Gasteiger partial charge >= 0.3 is 0 Å². The maximum atomic E-state index is 13.7. The van der Waals surface area contributed by atoms with Crippen LogP contribution >= 0.6 is 0 Å². The topological polar surface area (TPSA) is 0 Å². The zero-order chi connectivity index (χ0) is 9.19. The van der Waals surface area contributed by atoms with Crippen molar-refractivity contribution in [2.24, 2.45) is 0 Å². The van der Waals surface area contributed by atoms with E-state index < -0.39 is 8.41 Å². The molecule has 0 aromatic heterocycles. The second-order valence-corrected chi connectivity index (χ2v) is 6.75. The Hall–Kier alpha value is -0.893. The summed E-state index contributed by atoms with van der Waals surface area (Å²) < 4.78 is 13.7. The SMILES string of the molecule is C=Cc1ccccc1[Si](C)(C)F. The first-order valence-electron chi connectivity index (χ1n) is 3.96. The minimum Gasteiger partial charge on any atom is -0.308 e. The molecule has 0 radical (unpaired) electrons. The molecule has 0 N–H and O–H groups in total. The van der Waals surface area contributed by atoms with Crippen LogP contribution in [0.2, 0.25) is 13.1 Å². The fourth-order valence-corrected chi connectivity index (χ4v) is 2.58. The molecule has 0 saturated carbocycles. The molecule has 12 heavy (non-hydrogen) atoms. The first-order valence-corrected chi connectivity index (χ1v) is 6.84. The Morgan fingerprint density at radius 1 is 1.33 bits per heavy atom. The molecule has 1 rings (SSSR count). The molecule has 0 atom stereocenters. The molecule has 0 spiro atoms. The first kappa shape index (κ1) is 9.20. The predicted octanol–water partition coefficient (Wildman–Crippen LogP) is 2.71. The Balaban J connectivity index is 3.23. The van der Waals surface area contributed by atoms with Crippen LogP contribution in [0.1, 0.15) is 5.56 Å². The third-order valence-electron chi connectivity index (χ3n) is 1.82. The van der Waals surface area contributed by atoms with Crippen molar-refractivity contribution in [1.29, 1.82) is 0 Å². The van der Waals surface area contributed by atoms with Crippen LogP contribution in [-0.2, 0) is 0 Å². The van der Waals surface area contributed by atoms with E-state index >= 15 is 0 Å². The number of hydrogen-bond donors (Lipinski definition) is 0. The van der Waals surface area contributed by atoms with Gasteiger partial charge in [0.1, 0.15) is 0 Å². The minimum atomic E-state index is -2.67. The molecule has 64 valence electrons.